The van der Waals surface area contributed by atoms with Crippen molar-refractivity contribution in [2.45, 2.75) is 38.3 Å². The van der Waals surface area contributed by atoms with Crippen molar-refractivity contribution < 1.29 is 9.90 Å². The van der Waals surface area contributed by atoms with Crippen LogP contribution in [0.2, 0.25) is 0 Å². The molecular weight excluding hydrogens is 324 g/mol. The van der Waals surface area contributed by atoms with Crippen LogP contribution in [0.3, 0.4) is 0 Å². The maximum absolute atomic E-state index is 13.0. The Kier molecular flexibility index (Phi) is 4.55. The fourth-order valence-corrected chi connectivity index (χ4v) is 4.04. The molecule has 1 unspecified atom stereocenters. The largest absolute Gasteiger partial charge is 0.383 e. The van der Waals surface area contributed by atoms with Gasteiger partial charge in [0.05, 0.1) is 6.54 Å². The summed E-state index contributed by atoms with van der Waals surface area (Å²) in [6, 6.07) is 14.0. The maximum Gasteiger partial charge on any atom is 0.253 e. The van der Waals surface area contributed by atoms with Crippen LogP contribution in [0.1, 0.15) is 45.5 Å². The second-order valence-electron chi connectivity index (χ2n) is 7.64. The lowest BCUT2D eigenvalue weighted by atomic mass is 9.92. The number of amides is 1. The summed E-state index contributed by atoms with van der Waals surface area (Å²) >= 11 is 0. The van der Waals surface area contributed by atoms with E-state index < -0.39 is 5.60 Å². The number of aliphatic hydroxyl groups is 1. The van der Waals surface area contributed by atoms with Crippen molar-refractivity contribution in [2.24, 2.45) is 0 Å². The Morgan fingerprint density at radius 1 is 1.15 bits per heavy atom. The first-order chi connectivity index (χ1) is 12.5. The third-order valence-electron chi connectivity index (χ3n) is 5.69. The number of carbonyl (C=O) groups excluding carboxylic acids is 1. The number of nitrogens with one attached hydrogen (secondary N) is 1. The van der Waals surface area contributed by atoms with Gasteiger partial charge in [-0.1, -0.05) is 35.9 Å². The third-order valence-corrected chi connectivity index (χ3v) is 5.69. The molecule has 4 rings (SSSR count). The van der Waals surface area contributed by atoms with Crippen LogP contribution in [-0.2, 0) is 18.6 Å². The number of aryl methyl sites for hydroxylation is 2. The number of hydrogen-bond donors (Lipinski definition) is 2. The normalized spacial score (nSPS) is 22.8. The minimum atomic E-state index is -0.948. The maximum atomic E-state index is 13.0. The van der Waals surface area contributed by atoms with Gasteiger partial charge in [-0.25, -0.2) is 0 Å². The Labute approximate surface area is 154 Å². The number of hydrogen-bond acceptors (Lipinski definition) is 3. The molecule has 0 aromatic heterocycles. The highest BCUT2D eigenvalue weighted by atomic mass is 16.3. The monoisotopic (exact) mass is 350 g/mol. The Morgan fingerprint density at radius 3 is 2.77 bits per heavy atom. The lowest BCUT2D eigenvalue weighted by Gasteiger charge is -2.24. The fourth-order valence-electron chi connectivity index (χ4n) is 4.04. The van der Waals surface area contributed by atoms with Crippen LogP contribution in [-0.4, -0.2) is 35.5 Å². The van der Waals surface area contributed by atoms with Crippen molar-refractivity contribution in [3.8, 4) is 0 Å². The summed E-state index contributed by atoms with van der Waals surface area (Å²) in [6.07, 6.45) is 2.78. The van der Waals surface area contributed by atoms with Gasteiger partial charge in [0.15, 0.2) is 0 Å². The van der Waals surface area contributed by atoms with Gasteiger partial charge in [0, 0.05) is 18.7 Å². The molecule has 1 amide bonds. The van der Waals surface area contributed by atoms with Gasteiger partial charge in [-0.15, -0.1) is 0 Å². The zero-order valence-electron chi connectivity index (χ0n) is 15.3. The van der Waals surface area contributed by atoms with Crippen LogP contribution in [0.25, 0.3) is 0 Å². The summed E-state index contributed by atoms with van der Waals surface area (Å²) in [7, 11) is 0. The zero-order chi connectivity index (χ0) is 18.1. The average Bonchev–Trinajstić information content (AvgIpc) is 2.90. The minimum Gasteiger partial charge on any atom is -0.383 e. The van der Waals surface area contributed by atoms with Crippen LogP contribution in [0, 0.1) is 6.92 Å². The van der Waals surface area contributed by atoms with Gasteiger partial charge in [0.1, 0.15) is 5.60 Å². The van der Waals surface area contributed by atoms with Crippen LogP contribution >= 0.6 is 0 Å². The highest BCUT2D eigenvalue weighted by Crippen LogP contribution is 2.33. The summed E-state index contributed by atoms with van der Waals surface area (Å²) < 4.78 is 0. The van der Waals surface area contributed by atoms with Gasteiger partial charge < -0.3 is 15.3 Å². The lowest BCUT2D eigenvalue weighted by Crippen LogP contribution is -2.34. The molecule has 136 valence electrons. The smallest absolute Gasteiger partial charge is 0.253 e. The Morgan fingerprint density at radius 2 is 1.96 bits per heavy atom. The van der Waals surface area contributed by atoms with E-state index in [9.17, 15) is 9.90 Å². The first-order valence-corrected chi connectivity index (χ1v) is 9.46. The highest BCUT2D eigenvalue weighted by molar-refractivity contribution is 5.94. The fraction of sp³-hybridized carbons (Fsp3) is 0.409. The van der Waals surface area contributed by atoms with Crippen molar-refractivity contribution in [1.29, 1.82) is 0 Å². The van der Waals surface area contributed by atoms with Gasteiger partial charge in [-0.3, -0.25) is 4.79 Å². The molecule has 2 aromatic carbocycles. The average molecular weight is 350 g/mol. The summed E-state index contributed by atoms with van der Waals surface area (Å²) in [6.45, 7) is 4.81. The van der Waals surface area contributed by atoms with Crippen molar-refractivity contribution in [3.63, 3.8) is 0 Å². The molecule has 26 heavy (non-hydrogen) atoms. The molecule has 0 radical (unpaired) electrons. The number of likely N-dealkylation sites (tertiary alicyclic amines) is 1. The topological polar surface area (TPSA) is 52.6 Å². The van der Waals surface area contributed by atoms with Crippen LogP contribution in [0.4, 0.5) is 0 Å². The van der Waals surface area contributed by atoms with Crippen LogP contribution < -0.4 is 5.32 Å². The van der Waals surface area contributed by atoms with E-state index in [2.05, 4.69) is 11.4 Å². The molecule has 4 nitrogen and oxygen atoms in total. The second-order valence-corrected chi connectivity index (χ2v) is 7.64. The quantitative estimate of drug-likeness (QED) is 0.876. The molecule has 2 aliphatic rings. The van der Waals surface area contributed by atoms with E-state index in [-0.39, 0.29) is 5.91 Å². The SMILES string of the molecule is Cc1ccc(C2(O)CCN(C(=O)c3ccc4c(c3)CNCCC4)C2)cc1. The molecule has 1 atom stereocenters. The Hall–Kier alpha value is -2.17. The Balaban J connectivity index is 1.52. The second kappa shape index (κ2) is 6.86. The molecule has 0 bridgehead atoms. The molecule has 0 aliphatic carbocycles. The van der Waals surface area contributed by atoms with E-state index in [1.807, 2.05) is 43.3 Å². The number of nitrogens with zero attached hydrogens (tertiary/aromatic N) is 1. The van der Waals surface area contributed by atoms with Crippen LogP contribution in [0.15, 0.2) is 42.5 Å². The number of fused-ring (bicyclic) bond motifs is 1. The standard InChI is InChI=1S/C22H26N2O2/c1-16-4-8-20(9-5-16)22(26)10-12-24(15-22)21(25)18-7-6-17-3-2-11-23-14-19(17)13-18/h4-9,13,23,26H,2-3,10-12,14-15H2,1H3. The number of benzene rings is 2. The first kappa shape index (κ1) is 17.3. The van der Waals surface area contributed by atoms with E-state index in [1.165, 1.54) is 16.7 Å². The first-order valence-electron chi connectivity index (χ1n) is 9.46. The summed E-state index contributed by atoms with van der Waals surface area (Å²) in [5, 5.41) is 14.5. The molecule has 0 spiro atoms. The van der Waals surface area contributed by atoms with E-state index in [0.29, 0.717) is 19.5 Å². The van der Waals surface area contributed by atoms with Crippen molar-refractivity contribution in [1.82, 2.24) is 10.2 Å². The molecule has 4 heteroatoms. The van der Waals surface area contributed by atoms with Crippen molar-refractivity contribution in [2.75, 3.05) is 19.6 Å². The number of carbonyl (C=O) groups is 1. The molecule has 2 N–H and O–H groups in total. The van der Waals surface area contributed by atoms with E-state index in [4.69, 9.17) is 0 Å². The predicted molar refractivity (Wildman–Crippen MR) is 102 cm³/mol. The predicted octanol–water partition coefficient (Wildman–Crippen LogP) is 2.76. The van der Waals surface area contributed by atoms with Gasteiger partial charge in [-0.2, -0.15) is 0 Å². The summed E-state index contributed by atoms with van der Waals surface area (Å²) in [5.74, 6) is 0.0140. The lowest BCUT2D eigenvalue weighted by molar-refractivity contribution is 0.0417. The highest BCUT2D eigenvalue weighted by Gasteiger charge is 2.39. The van der Waals surface area contributed by atoms with E-state index >= 15 is 0 Å². The molecule has 1 saturated heterocycles. The van der Waals surface area contributed by atoms with Crippen molar-refractivity contribution in [3.05, 3.63) is 70.3 Å². The van der Waals surface area contributed by atoms with Gasteiger partial charge in [0.25, 0.3) is 5.91 Å². The zero-order valence-corrected chi connectivity index (χ0v) is 15.3. The molecule has 2 aliphatic heterocycles. The number of rotatable bonds is 2. The third kappa shape index (κ3) is 3.27. The number of β-amino-alcohol motifs (C(OH)–C–C–N with tert-alkyl or cyclic N) is 1. The summed E-state index contributed by atoms with van der Waals surface area (Å²) in [5.41, 5.74) is 4.40. The Bertz CT molecular complexity index is 815. The molecular formula is C22H26N2O2. The molecule has 1 fully saturated rings. The van der Waals surface area contributed by atoms with Crippen molar-refractivity contribution >= 4 is 5.91 Å². The van der Waals surface area contributed by atoms with E-state index in [1.54, 1.807) is 4.90 Å². The summed E-state index contributed by atoms with van der Waals surface area (Å²) in [4.78, 5) is 14.8. The molecule has 2 heterocycles. The molecule has 2 aromatic rings. The minimum absolute atomic E-state index is 0.0140. The van der Waals surface area contributed by atoms with E-state index in [0.717, 1.165) is 37.1 Å². The van der Waals surface area contributed by atoms with Gasteiger partial charge in [0.2, 0.25) is 0 Å². The van der Waals surface area contributed by atoms with Gasteiger partial charge in [-0.05, 0) is 61.6 Å². The molecule has 0 saturated carbocycles. The van der Waals surface area contributed by atoms with Crippen LogP contribution in [0.5, 0.6) is 0 Å². The van der Waals surface area contributed by atoms with Gasteiger partial charge >= 0.3 is 0 Å².